The molecule has 0 bridgehead atoms. The Morgan fingerprint density at radius 3 is 1.78 bits per heavy atom. The molecule has 1 heterocycles. The summed E-state index contributed by atoms with van der Waals surface area (Å²) in [7, 11) is 0. The van der Waals surface area contributed by atoms with E-state index in [-0.39, 0.29) is 11.8 Å². The summed E-state index contributed by atoms with van der Waals surface area (Å²) in [5.74, 6) is -0.485. The van der Waals surface area contributed by atoms with Gasteiger partial charge in [0.25, 0.3) is 11.8 Å². The van der Waals surface area contributed by atoms with Crippen LogP contribution in [0.2, 0.25) is 0 Å². The molecular weight excluding hydrogens is 226 g/mol. The van der Waals surface area contributed by atoms with Crippen LogP contribution in [0.1, 0.15) is 30.5 Å². The molecule has 3 heteroatoms. The van der Waals surface area contributed by atoms with Crippen molar-refractivity contribution in [1.82, 2.24) is 0 Å². The zero-order chi connectivity index (χ0) is 13.3. The van der Waals surface area contributed by atoms with E-state index in [4.69, 9.17) is 0 Å². The van der Waals surface area contributed by atoms with Gasteiger partial charge >= 0.3 is 0 Å². The lowest BCUT2D eigenvalue weighted by atomic mass is 9.98. The van der Waals surface area contributed by atoms with Crippen molar-refractivity contribution in [2.24, 2.45) is 0 Å². The molecule has 0 aromatic heterocycles. The number of imide groups is 1. The Kier molecular flexibility index (Phi) is 3.32. The van der Waals surface area contributed by atoms with E-state index in [9.17, 15) is 9.59 Å². The fourth-order valence-electron chi connectivity index (χ4n) is 2.38. The summed E-state index contributed by atoms with van der Waals surface area (Å²) in [4.78, 5) is 24.9. The molecule has 0 saturated carbocycles. The first-order chi connectivity index (χ1) is 8.58. The first-order valence-electron chi connectivity index (χ1n) is 6.27. The minimum atomic E-state index is -0.242. The summed E-state index contributed by atoms with van der Waals surface area (Å²) in [6, 6.07) is 4.10. The summed E-state index contributed by atoms with van der Waals surface area (Å²) in [6.07, 6.45) is 4.28. The predicted octanol–water partition coefficient (Wildman–Crippen LogP) is 2.55. The highest BCUT2D eigenvalue weighted by atomic mass is 16.2. The molecular formula is C15H17NO2. The van der Waals surface area contributed by atoms with Crippen LogP contribution in [0.5, 0.6) is 0 Å². The highest BCUT2D eigenvalue weighted by molar-refractivity contribution is 6.28. The van der Waals surface area contributed by atoms with Gasteiger partial charge in [0.15, 0.2) is 0 Å². The normalized spacial score (nSPS) is 14.7. The third kappa shape index (κ3) is 1.96. The Hall–Kier alpha value is -1.90. The highest BCUT2D eigenvalue weighted by Crippen LogP contribution is 2.30. The van der Waals surface area contributed by atoms with Gasteiger partial charge in [0.1, 0.15) is 0 Å². The molecule has 2 amide bonds. The second-order valence-corrected chi connectivity index (χ2v) is 4.48. The first-order valence-corrected chi connectivity index (χ1v) is 6.27. The lowest BCUT2D eigenvalue weighted by Crippen LogP contribution is -2.31. The Morgan fingerprint density at radius 1 is 0.944 bits per heavy atom. The van der Waals surface area contributed by atoms with Crippen LogP contribution in [0.15, 0.2) is 24.3 Å². The van der Waals surface area contributed by atoms with Gasteiger partial charge in [0, 0.05) is 12.2 Å². The molecule has 0 fully saturated rings. The minimum Gasteiger partial charge on any atom is -0.269 e. The van der Waals surface area contributed by atoms with Gasteiger partial charge in [-0.2, -0.15) is 0 Å². The van der Waals surface area contributed by atoms with Gasteiger partial charge in [-0.1, -0.05) is 31.5 Å². The van der Waals surface area contributed by atoms with Crippen molar-refractivity contribution >= 4 is 17.5 Å². The van der Waals surface area contributed by atoms with Gasteiger partial charge < -0.3 is 0 Å². The van der Waals surface area contributed by atoms with Crippen LogP contribution >= 0.6 is 0 Å². The topological polar surface area (TPSA) is 37.4 Å². The van der Waals surface area contributed by atoms with Crippen LogP contribution in [0.3, 0.4) is 0 Å². The zero-order valence-corrected chi connectivity index (χ0v) is 11.0. The smallest absolute Gasteiger partial charge is 0.258 e. The highest BCUT2D eigenvalue weighted by Gasteiger charge is 2.28. The summed E-state index contributed by atoms with van der Waals surface area (Å²) in [5, 5.41) is 0. The number of hydrogen-bond acceptors (Lipinski definition) is 2. The largest absolute Gasteiger partial charge is 0.269 e. The van der Waals surface area contributed by atoms with E-state index < -0.39 is 0 Å². The molecule has 0 saturated heterocycles. The quantitative estimate of drug-likeness (QED) is 0.765. The zero-order valence-electron chi connectivity index (χ0n) is 11.0. The van der Waals surface area contributed by atoms with Crippen LogP contribution in [-0.4, -0.2) is 11.8 Å². The van der Waals surface area contributed by atoms with Crippen molar-refractivity contribution in [2.75, 3.05) is 4.90 Å². The molecule has 0 N–H and O–H groups in total. The monoisotopic (exact) mass is 243 g/mol. The van der Waals surface area contributed by atoms with Crippen molar-refractivity contribution in [1.29, 1.82) is 0 Å². The maximum Gasteiger partial charge on any atom is 0.258 e. The Labute approximate surface area is 107 Å². The number of rotatable bonds is 3. The fourth-order valence-corrected chi connectivity index (χ4v) is 2.38. The molecule has 1 aliphatic rings. The fraction of sp³-hybridized carbons (Fsp3) is 0.333. The second-order valence-electron chi connectivity index (χ2n) is 4.48. The van der Waals surface area contributed by atoms with E-state index >= 15 is 0 Å². The Balaban J connectivity index is 2.62. The number of carbonyl (C=O) groups excluding carboxylic acids is 2. The Bertz CT molecular complexity index is 500. The second kappa shape index (κ2) is 4.77. The summed E-state index contributed by atoms with van der Waals surface area (Å²) >= 11 is 0. The van der Waals surface area contributed by atoms with Crippen LogP contribution in [0.25, 0.3) is 0 Å². The number of aryl methyl sites for hydroxylation is 3. The Morgan fingerprint density at radius 2 is 1.39 bits per heavy atom. The maximum atomic E-state index is 11.8. The summed E-state index contributed by atoms with van der Waals surface area (Å²) in [5.41, 5.74) is 4.06. The molecule has 1 aromatic rings. The minimum absolute atomic E-state index is 0.242. The molecule has 0 spiro atoms. The van der Waals surface area contributed by atoms with E-state index in [1.54, 1.807) is 0 Å². The molecule has 0 atom stereocenters. The standard InChI is InChI=1S/C15H17NO2/c1-4-11-8-10(3)9-12(5-2)15(11)16-13(17)6-7-14(16)18/h6-9H,4-5H2,1-3H3. The third-order valence-corrected chi connectivity index (χ3v) is 3.21. The average Bonchev–Trinajstić information content (AvgIpc) is 2.68. The third-order valence-electron chi connectivity index (χ3n) is 3.21. The van der Waals surface area contributed by atoms with Gasteiger partial charge in [0.05, 0.1) is 5.69 Å². The SMILES string of the molecule is CCc1cc(C)cc(CC)c1N1C(=O)C=CC1=O. The average molecular weight is 243 g/mol. The van der Waals surface area contributed by atoms with Crippen molar-refractivity contribution in [3.63, 3.8) is 0 Å². The van der Waals surface area contributed by atoms with E-state index in [1.807, 2.05) is 32.9 Å². The molecule has 0 unspecified atom stereocenters. The van der Waals surface area contributed by atoms with Gasteiger partial charge in [-0.25, -0.2) is 4.90 Å². The number of anilines is 1. The number of nitrogens with zero attached hydrogens (tertiary/aromatic N) is 1. The van der Waals surface area contributed by atoms with Crippen LogP contribution in [-0.2, 0) is 22.4 Å². The molecule has 0 radical (unpaired) electrons. The van der Waals surface area contributed by atoms with E-state index in [2.05, 4.69) is 0 Å². The maximum absolute atomic E-state index is 11.8. The number of carbonyl (C=O) groups is 2. The molecule has 3 nitrogen and oxygen atoms in total. The molecule has 1 aliphatic heterocycles. The molecule has 18 heavy (non-hydrogen) atoms. The van der Waals surface area contributed by atoms with Crippen LogP contribution < -0.4 is 4.90 Å². The molecule has 2 rings (SSSR count). The number of amides is 2. The van der Waals surface area contributed by atoms with E-state index in [0.29, 0.717) is 0 Å². The van der Waals surface area contributed by atoms with Crippen molar-refractivity contribution in [2.45, 2.75) is 33.6 Å². The van der Waals surface area contributed by atoms with E-state index in [1.165, 1.54) is 22.6 Å². The van der Waals surface area contributed by atoms with Crippen molar-refractivity contribution < 1.29 is 9.59 Å². The van der Waals surface area contributed by atoms with E-state index in [0.717, 1.165) is 29.7 Å². The van der Waals surface area contributed by atoms with Gasteiger partial charge in [-0.05, 0) is 30.9 Å². The lowest BCUT2D eigenvalue weighted by Gasteiger charge is -2.22. The number of benzene rings is 1. The lowest BCUT2D eigenvalue weighted by molar-refractivity contribution is -0.120. The molecule has 1 aromatic carbocycles. The predicted molar refractivity (Wildman–Crippen MR) is 71.6 cm³/mol. The van der Waals surface area contributed by atoms with Gasteiger partial charge in [0.2, 0.25) is 0 Å². The van der Waals surface area contributed by atoms with Crippen LogP contribution in [0.4, 0.5) is 5.69 Å². The first kappa shape index (κ1) is 12.6. The summed E-state index contributed by atoms with van der Waals surface area (Å²) < 4.78 is 0. The summed E-state index contributed by atoms with van der Waals surface area (Å²) in [6.45, 7) is 6.11. The van der Waals surface area contributed by atoms with Crippen molar-refractivity contribution in [3.8, 4) is 0 Å². The molecule has 0 aliphatic carbocycles. The van der Waals surface area contributed by atoms with Gasteiger partial charge in [-0.15, -0.1) is 0 Å². The molecule has 94 valence electrons. The van der Waals surface area contributed by atoms with Crippen molar-refractivity contribution in [3.05, 3.63) is 41.0 Å². The number of hydrogen-bond donors (Lipinski definition) is 0. The van der Waals surface area contributed by atoms with Gasteiger partial charge in [-0.3, -0.25) is 9.59 Å². The van der Waals surface area contributed by atoms with Crippen LogP contribution in [0, 0.1) is 6.92 Å².